The van der Waals surface area contributed by atoms with Crippen LogP contribution in [-0.2, 0) is 4.74 Å². The molecule has 29 heavy (non-hydrogen) atoms. The summed E-state index contributed by atoms with van der Waals surface area (Å²) in [4.78, 5) is 14.1. The number of rotatable bonds is 5. The number of hydrogen-bond donors (Lipinski definition) is 1. The van der Waals surface area contributed by atoms with Gasteiger partial charge in [0.05, 0.1) is 13.2 Å². The van der Waals surface area contributed by atoms with Gasteiger partial charge in [-0.15, -0.1) is 0 Å². The zero-order chi connectivity index (χ0) is 20.4. The van der Waals surface area contributed by atoms with Gasteiger partial charge in [-0.05, 0) is 52.6 Å². The standard InChI is InChI=1S/C24H24N2O3/c1-26(2)20-11-5-8-17(14-20)16-7-4-9-18(13-16)22-23(29-24(27)25-22)19-10-6-12-21(15-19)28-3/h4-15,22-23H,1-3H3,(H,25,27)/t22-,23-/m1/s1. The van der Waals surface area contributed by atoms with E-state index < -0.39 is 12.2 Å². The molecule has 1 heterocycles. The van der Waals surface area contributed by atoms with Crippen LogP contribution in [0.15, 0.2) is 72.8 Å². The molecule has 0 aromatic heterocycles. The van der Waals surface area contributed by atoms with E-state index in [0.717, 1.165) is 33.7 Å². The van der Waals surface area contributed by atoms with E-state index in [9.17, 15) is 4.79 Å². The van der Waals surface area contributed by atoms with Crippen LogP contribution in [0.25, 0.3) is 11.1 Å². The summed E-state index contributed by atoms with van der Waals surface area (Å²) >= 11 is 0. The number of carbonyl (C=O) groups is 1. The minimum Gasteiger partial charge on any atom is -0.497 e. The van der Waals surface area contributed by atoms with E-state index in [0.29, 0.717) is 0 Å². The summed E-state index contributed by atoms with van der Waals surface area (Å²) in [5.41, 5.74) is 5.25. The molecule has 0 aliphatic carbocycles. The summed E-state index contributed by atoms with van der Waals surface area (Å²) in [5.74, 6) is 0.735. The van der Waals surface area contributed by atoms with Crippen LogP contribution in [0.5, 0.6) is 5.75 Å². The van der Waals surface area contributed by atoms with E-state index in [2.05, 4.69) is 46.6 Å². The smallest absolute Gasteiger partial charge is 0.408 e. The molecular formula is C24H24N2O3. The molecule has 0 unspecified atom stereocenters. The number of cyclic esters (lactones) is 1. The summed E-state index contributed by atoms with van der Waals surface area (Å²) in [6.45, 7) is 0. The molecule has 148 valence electrons. The number of anilines is 1. The lowest BCUT2D eigenvalue weighted by atomic mass is 9.93. The molecule has 0 spiro atoms. The Kier molecular flexibility index (Phi) is 5.12. The van der Waals surface area contributed by atoms with Crippen molar-refractivity contribution in [2.24, 2.45) is 0 Å². The molecule has 1 saturated heterocycles. The Hall–Kier alpha value is -3.47. The molecular weight excluding hydrogens is 364 g/mol. The zero-order valence-corrected chi connectivity index (χ0v) is 16.8. The largest absolute Gasteiger partial charge is 0.497 e. The summed E-state index contributed by atoms with van der Waals surface area (Å²) in [5, 5.41) is 2.95. The normalized spacial score (nSPS) is 18.1. The molecule has 2 atom stereocenters. The van der Waals surface area contributed by atoms with Crippen LogP contribution >= 0.6 is 0 Å². The van der Waals surface area contributed by atoms with E-state index in [-0.39, 0.29) is 6.04 Å². The first kappa shape index (κ1) is 18.9. The van der Waals surface area contributed by atoms with Crippen molar-refractivity contribution < 1.29 is 14.3 Å². The van der Waals surface area contributed by atoms with Gasteiger partial charge < -0.3 is 19.7 Å². The highest BCUT2D eigenvalue weighted by Gasteiger charge is 2.36. The number of alkyl carbamates (subject to hydrolysis) is 1. The number of nitrogens with one attached hydrogen (secondary N) is 1. The average molecular weight is 388 g/mol. The molecule has 0 saturated carbocycles. The number of amides is 1. The van der Waals surface area contributed by atoms with Crippen LogP contribution in [-0.4, -0.2) is 27.3 Å². The third-order valence-corrected chi connectivity index (χ3v) is 5.17. The van der Waals surface area contributed by atoms with Gasteiger partial charge in [-0.1, -0.05) is 42.5 Å². The van der Waals surface area contributed by atoms with Crippen LogP contribution in [0.3, 0.4) is 0 Å². The Morgan fingerprint density at radius 1 is 0.897 bits per heavy atom. The molecule has 3 aromatic rings. The van der Waals surface area contributed by atoms with E-state index >= 15 is 0 Å². The van der Waals surface area contributed by atoms with Gasteiger partial charge in [-0.3, -0.25) is 0 Å². The van der Waals surface area contributed by atoms with E-state index in [4.69, 9.17) is 9.47 Å². The SMILES string of the molecule is COc1cccc([C@H]2OC(=O)N[C@@H]2c2cccc(-c3cccc(N(C)C)c3)c2)c1. The van der Waals surface area contributed by atoms with E-state index in [1.165, 1.54) is 0 Å². The second-order valence-electron chi connectivity index (χ2n) is 7.29. The number of nitrogens with zero attached hydrogens (tertiary/aromatic N) is 1. The second kappa shape index (κ2) is 7.87. The van der Waals surface area contributed by atoms with Crippen LogP contribution in [0.4, 0.5) is 10.5 Å². The van der Waals surface area contributed by atoms with Gasteiger partial charge in [0.2, 0.25) is 0 Å². The van der Waals surface area contributed by atoms with Gasteiger partial charge in [0, 0.05) is 19.8 Å². The molecule has 1 aliphatic rings. The van der Waals surface area contributed by atoms with Gasteiger partial charge in [0.1, 0.15) is 5.75 Å². The van der Waals surface area contributed by atoms with E-state index in [1.807, 2.05) is 50.5 Å². The monoisotopic (exact) mass is 388 g/mol. The first-order valence-corrected chi connectivity index (χ1v) is 9.54. The molecule has 0 bridgehead atoms. The van der Waals surface area contributed by atoms with Crippen molar-refractivity contribution in [3.63, 3.8) is 0 Å². The lowest BCUT2D eigenvalue weighted by molar-refractivity contribution is 0.132. The first-order chi connectivity index (χ1) is 14.0. The Balaban J connectivity index is 1.69. The van der Waals surface area contributed by atoms with Gasteiger partial charge >= 0.3 is 6.09 Å². The van der Waals surface area contributed by atoms with Crippen LogP contribution in [0, 0.1) is 0 Å². The molecule has 1 N–H and O–H groups in total. The summed E-state index contributed by atoms with van der Waals surface area (Å²) in [6, 6.07) is 24.0. The van der Waals surface area contributed by atoms with Crippen molar-refractivity contribution in [2.75, 3.05) is 26.1 Å². The molecule has 4 rings (SSSR count). The third kappa shape index (κ3) is 3.90. The quantitative estimate of drug-likeness (QED) is 0.672. The minimum atomic E-state index is -0.416. The number of methoxy groups -OCH3 is 1. The predicted molar refractivity (Wildman–Crippen MR) is 114 cm³/mol. The number of hydrogen-bond acceptors (Lipinski definition) is 4. The molecule has 3 aromatic carbocycles. The van der Waals surface area contributed by atoms with Gasteiger partial charge in [-0.25, -0.2) is 4.79 Å². The molecule has 5 heteroatoms. The maximum atomic E-state index is 12.1. The van der Waals surface area contributed by atoms with Crippen molar-refractivity contribution in [1.82, 2.24) is 5.32 Å². The highest BCUT2D eigenvalue weighted by molar-refractivity contribution is 5.73. The molecule has 1 aliphatic heterocycles. The maximum absolute atomic E-state index is 12.1. The highest BCUT2D eigenvalue weighted by atomic mass is 16.6. The van der Waals surface area contributed by atoms with Gasteiger partial charge in [0.25, 0.3) is 0 Å². The Morgan fingerprint density at radius 2 is 1.59 bits per heavy atom. The van der Waals surface area contributed by atoms with Crippen molar-refractivity contribution in [1.29, 1.82) is 0 Å². The lowest BCUT2D eigenvalue weighted by Gasteiger charge is -2.19. The number of benzene rings is 3. The minimum absolute atomic E-state index is 0.272. The third-order valence-electron chi connectivity index (χ3n) is 5.17. The predicted octanol–water partition coefficient (Wildman–Crippen LogP) is 4.95. The fourth-order valence-corrected chi connectivity index (χ4v) is 3.63. The van der Waals surface area contributed by atoms with E-state index in [1.54, 1.807) is 7.11 Å². The topological polar surface area (TPSA) is 50.8 Å². The maximum Gasteiger partial charge on any atom is 0.408 e. The summed E-state index contributed by atoms with van der Waals surface area (Å²) in [6.07, 6.45) is -0.830. The van der Waals surface area contributed by atoms with Crippen molar-refractivity contribution >= 4 is 11.8 Å². The van der Waals surface area contributed by atoms with Crippen LogP contribution in [0.1, 0.15) is 23.3 Å². The van der Waals surface area contributed by atoms with Crippen molar-refractivity contribution in [3.05, 3.63) is 83.9 Å². The second-order valence-corrected chi connectivity index (χ2v) is 7.29. The Labute approximate surface area is 170 Å². The number of ether oxygens (including phenoxy) is 2. The average Bonchev–Trinajstić information content (AvgIpc) is 3.16. The fourth-order valence-electron chi connectivity index (χ4n) is 3.63. The first-order valence-electron chi connectivity index (χ1n) is 9.54. The summed E-state index contributed by atoms with van der Waals surface area (Å²) < 4.78 is 10.9. The number of carbonyl (C=O) groups excluding carboxylic acids is 1. The Morgan fingerprint density at radius 3 is 2.34 bits per heavy atom. The zero-order valence-electron chi connectivity index (χ0n) is 16.8. The van der Waals surface area contributed by atoms with Crippen LogP contribution < -0.4 is 15.0 Å². The molecule has 1 amide bonds. The van der Waals surface area contributed by atoms with Crippen molar-refractivity contribution in [2.45, 2.75) is 12.1 Å². The van der Waals surface area contributed by atoms with Crippen LogP contribution in [0.2, 0.25) is 0 Å². The lowest BCUT2D eigenvalue weighted by Crippen LogP contribution is -2.19. The van der Waals surface area contributed by atoms with Crippen molar-refractivity contribution in [3.8, 4) is 16.9 Å². The molecule has 0 radical (unpaired) electrons. The Bertz CT molecular complexity index is 1030. The molecule has 5 nitrogen and oxygen atoms in total. The van der Waals surface area contributed by atoms with Gasteiger partial charge in [-0.2, -0.15) is 0 Å². The highest BCUT2D eigenvalue weighted by Crippen LogP contribution is 2.38. The van der Waals surface area contributed by atoms with Gasteiger partial charge in [0.15, 0.2) is 6.10 Å². The summed E-state index contributed by atoms with van der Waals surface area (Å²) in [7, 11) is 5.68. The fraction of sp³-hybridized carbons (Fsp3) is 0.208. The molecule has 1 fully saturated rings.